The first-order valence-corrected chi connectivity index (χ1v) is 16.7. The van der Waals surface area contributed by atoms with Gasteiger partial charge in [-0.1, -0.05) is 0 Å². The standard InChI is InChI=1S/C32H33F4N7O2S/c33-20-8-39-27(17-5-23(37)46-29(17)20)24-18-11-44-12-19(18)25-28(26(24)36)40-31(41-30(25)43-15-1-2-16(43)7-38-6-15)45-14-32(3-4-32)13-42-9-21(34)22(35)10-42/h5,8,15-16,21-22,38H,1-4,6-7,9-14,37H2/t15?,16?,21-,22+. The molecule has 1 aromatic carbocycles. The fourth-order valence-corrected chi connectivity index (χ4v) is 8.80. The van der Waals surface area contributed by atoms with Crippen LogP contribution < -0.4 is 20.7 Å². The minimum absolute atomic E-state index is 0.0561. The molecule has 3 aromatic heterocycles. The van der Waals surface area contributed by atoms with Crippen LogP contribution in [0.1, 0.15) is 36.8 Å². The van der Waals surface area contributed by atoms with Crippen molar-refractivity contribution in [1.82, 2.24) is 25.2 Å². The van der Waals surface area contributed by atoms with Gasteiger partial charge in [-0.25, -0.2) is 17.6 Å². The minimum Gasteiger partial charge on any atom is -0.463 e. The number of benzene rings is 1. The first-order chi connectivity index (χ1) is 22.3. The monoisotopic (exact) mass is 655 g/mol. The lowest BCUT2D eigenvalue weighted by molar-refractivity contribution is 0.135. The Bertz CT molecular complexity index is 1860. The Labute approximate surface area is 266 Å². The summed E-state index contributed by atoms with van der Waals surface area (Å²) in [5.41, 5.74) is 7.85. The van der Waals surface area contributed by atoms with E-state index in [4.69, 9.17) is 25.2 Å². The van der Waals surface area contributed by atoms with Gasteiger partial charge in [-0.15, -0.1) is 11.3 Å². The molecule has 9 rings (SSSR count). The fourth-order valence-electron chi connectivity index (χ4n) is 7.97. The van der Waals surface area contributed by atoms with Crippen LogP contribution in [0.25, 0.3) is 32.2 Å². The molecule has 1 saturated carbocycles. The van der Waals surface area contributed by atoms with Crippen LogP contribution in [0.15, 0.2) is 12.3 Å². The molecule has 46 heavy (non-hydrogen) atoms. The Morgan fingerprint density at radius 2 is 1.80 bits per heavy atom. The maximum absolute atomic E-state index is 17.1. The molecule has 0 spiro atoms. The number of anilines is 2. The molecule has 4 atom stereocenters. The summed E-state index contributed by atoms with van der Waals surface area (Å²) in [4.78, 5) is 18.1. The van der Waals surface area contributed by atoms with Crippen molar-refractivity contribution in [3.63, 3.8) is 0 Å². The summed E-state index contributed by atoms with van der Waals surface area (Å²) in [5.74, 6) is -0.485. The molecule has 2 unspecified atom stereocenters. The first-order valence-electron chi connectivity index (χ1n) is 15.9. The number of likely N-dealkylation sites (tertiary alicyclic amines) is 1. The molecule has 3 N–H and O–H groups in total. The van der Waals surface area contributed by atoms with Crippen LogP contribution in [0.4, 0.5) is 28.4 Å². The van der Waals surface area contributed by atoms with Gasteiger partial charge in [-0.2, -0.15) is 9.97 Å². The van der Waals surface area contributed by atoms with Gasteiger partial charge in [0, 0.05) is 61.2 Å². The predicted molar refractivity (Wildman–Crippen MR) is 167 cm³/mol. The van der Waals surface area contributed by atoms with E-state index in [-0.39, 0.29) is 73.2 Å². The van der Waals surface area contributed by atoms with Crippen molar-refractivity contribution in [2.45, 2.75) is 63.3 Å². The predicted octanol–water partition coefficient (Wildman–Crippen LogP) is 4.89. The second-order valence-electron chi connectivity index (χ2n) is 13.5. The number of ether oxygens (including phenoxy) is 2. The highest BCUT2D eigenvalue weighted by molar-refractivity contribution is 7.22. The van der Waals surface area contributed by atoms with Crippen molar-refractivity contribution in [3.8, 4) is 17.3 Å². The van der Waals surface area contributed by atoms with Crippen LogP contribution >= 0.6 is 11.3 Å². The zero-order valence-corrected chi connectivity index (χ0v) is 25.8. The topological polar surface area (TPSA) is 102 Å². The van der Waals surface area contributed by atoms with Gasteiger partial charge in [0.1, 0.15) is 23.7 Å². The van der Waals surface area contributed by atoms with Crippen molar-refractivity contribution in [2.24, 2.45) is 5.41 Å². The number of nitrogens with zero attached hydrogens (tertiary/aromatic N) is 5. The second kappa shape index (κ2) is 10.6. The Hall–Kier alpha value is -3.33. The highest BCUT2D eigenvalue weighted by Crippen LogP contribution is 2.49. The molecular formula is C32H33F4N7O2S. The smallest absolute Gasteiger partial charge is 0.319 e. The highest BCUT2D eigenvalue weighted by atomic mass is 32.1. The maximum Gasteiger partial charge on any atom is 0.319 e. The molecule has 1 aliphatic carbocycles. The summed E-state index contributed by atoms with van der Waals surface area (Å²) >= 11 is 1.09. The lowest BCUT2D eigenvalue weighted by Gasteiger charge is -2.37. The lowest BCUT2D eigenvalue weighted by atomic mass is 9.94. The number of fused-ring (bicyclic) bond motifs is 6. The van der Waals surface area contributed by atoms with Crippen LogP contribution in [0.5, 0.6) is 6.01 Å². The van der Waals surface area contributed by atoms with E-state index in [0.29, 0.717) is 38.4 Å². The number of hydrogen-bond acceptors (Lipinski definition) is 10. The van der Waals surface area contributed by atoms with E-state index in [1.165, 1.54) is 0 Å². The second-order valence-corrected chi connectivity index (χ2v) is 14.6. The Kier molecular flexibility index (Phi) is 6.64. The molecule has 0 radical (unpaired) electrons. The molecule has 7 heterocycles. The molecule has 2 bridgehead atoms. The highest BCUT2D eigenvalue weighted by Gasteiger charge is 2.48. The summed E-state index contributed by atoms with van der Waals surface area (Å²) < 4.78 is 72.2. The zero-order valence-electron chi connectivity index (χ0n) is 25.0. The van der Waals surface area contributed by atoms with E-state index >= 15 is 4.39 Å². The number of nitrogens with two attached hydrogens (primary N) is 1. The van der Waals surface area contributed by atoms with Crippen molar-refractivity contribution < 1.29 is 27.0 Å². The average molecular weight is 656 g/mol. The molecule has 0 amide bonds. The van der Waals surface area contributed by atoms with Gasteiger partial charge < -0.3 is 25.4 Å². The van der Waals surface area contributed by atoms with E-state index in [9.17, 15) is 13.2 Å². The summed E-state index contributed by atoms with van der Waals surface area (Å²) in [7, 11) is 0. The summed E-state index contributed by atoms with van der Waals surface area (Å²) in [6.45, 7) is 2.93. The summed E-state index contributed by atoms with van der Waals surface area (Å²) in [5, 5.41) is 4.94. The van der Waals surface area contributed by atoms with Gasteiger partial charge in [0.2, 0.25) is 0 Å². The number of nitrogens with one attached hydrogen (secondary N) is 1. The van der Waals surface area contributed by atoms with Gasteiger partial charge in [0.25, 0.3) is 0 Å². The zero-order chi connectivity index (χ0) is 31.3. The normalized spacial score (nSPS) is 26.8. The molecule has 242 valence electrons. The molecule has 4 aromatic rings. The molecular weight excluding hydrogens is 622 g/mol. The van der Waals surface area contributed by atoms with Gasteiger partial charge >= 0.3 is 6.01 Å². The number of piperazine rings is 1. The number of thiophene rings is 1. The van der Waals surface area contributed by atoms with Crippen molar-refractivity contribution in [2.75, 3.05) is 50.0 Å². The van der Waals surface area contributed by atoms with Gasteiger partial charge in [-0.3, -0.25) is 9.88 Å². The van der Waals surface area contributed by atoms with Crippen LogP contribution in [0, 0.1) is 17.0 Å². The van der Waals surface area contributed by atoms with E-state index in [1.54, 1.807) is 6.07 Å². The van der Waals surface area contributed by atoms with Crippen molar-refractivity contribution in [1.29, 1.82) is 0 Å². The van der Waals surface area contributed by atoms with E-state index in [2.05, 4.69) is 15.2 Å². The number of alkyl halides is 2. The number of pyridine rings is 1. The van der Waals surface area contributed by atoms with E-state index in [0.717, 1.165) is 61.9 Å². The van der Waals surface area contributed by atoms with Crippen LogP contribution in [0.2, 0.25) is 0 Å². The molecule has 4 aliphatic heterocycles. The van der Waals surface area contributed by atoms with Gasteiger partial charge in [0.15, 0.2) is 11.6 Å². The number of rotatable bonds is 7. The summed E-state index contributed by atoms with van der Waals surface area (Å²) in [6.07, 6.45) is 1.85. The third-order valence-electron chi connectivity index (χ3n) is 10.4. The molecule has 14 heteroatoms. The number of hydrogen-bond donors (Lipinski definition) is 2. The fraction of sp³-hybridized carbons (Fsp3) is 0.531. The van der Waals surface area contributed by atoms with E-state index < -0.39 is 24.0 Å². The average Bonchev–Trinajstić information content (AvgIpc) is 3.30. The largest absolute Gasteiger partial charge is 0.463 e. The maximum atomic E-state index is 17.1. The van der Waals surface area contributed by atoms with E-state index in [1.807, 2.05) is 4.90 Å². The lowest BCUT2D eigenvalue weighted by Crippen LogP contribution is -2.52. The molecule has 5 aliphatic rings. The third kappa shape index (κ3) is 4.54. The quantitative estimate of drug-likeness (QED) is 0.270. The Balaban J connectivity index is 1.18. The van der Waals surface area contributed by atoms with Crippen molar-refractivity contribution >= 4 is 43.1 Å². The Morgan fingerprint density at radius 1 is 1.07 bits per heavy atom. The number of nitrogen functional groups attached to an aromatic ring is 1. The molecule has 9 nitrogen and oxygen atoms in total. The number of halogens is 4. The molecule has 3 saturated heterocycles. The van der Waals surface area contributed by atoms with Crippen LogP contribution in [-0.2, 0) is 18.0 Å². The first kappa shape index (κ1) is 28.9. The number of aromatic nitrogens is 3. The molecule has 4 fully saturated rings. The van der Waals surface area contributed by atoms with Crippen LogP contribution in [0.3, 0.4) is 0 Å². The summed E-state index contributed by atoms with van der Waals surface area (Å²) in [6, 6.07) is 2.05. The SMILES string of the molecule is Nc1cc2c(-c3c4c(c5c(N6C7CCC6CNC7)nc(OCC6(CN7C[C@@H](F)[C@@H](F)C7)CC6)nc5c3F)COC4)ncc(F)c2s1. The minimum atomic E-state index is -1.47. The van der Waals surface area contributed by atoms with Crippen molar-refractivity contribution in [3.05, 3.63) is 35.0 Å². The van der Waals surface area contributed by atoms with Gasteiger partial charge in [0.05, 0.1) is 46.8 Å². The van der Waals surface area contributed by atoms with Gasteiger partial charge in [-0.05, 0) is 42.9 Å². The van der Waals surface area contributed by atoms with Crippen LogP contribution in [-0.4, -0.2) is 83.6 Å². The third-order valence-corrected chi connectivity index (χ3v) is 11.4. The Morgan fingerprint density at radius 3 is 2.54 bits per heavy atom.